The quantitative estimate of drug-likeness (QED) is 0.459. The van der Waals surface area contributed by atoms with Gasteiger partial charge in [0, 0.05) is 56.1 Å². The van der Waals surface area contributed by atoms with E-state index in [9.17, 15) is 29.0 Å². The number of amides is 1. The van der Waals surface area contributed by atoms with Crippen LogP contribution in [0.15, 0.2) is 66.7 Å². The van der Waals surface area contributed by atoms with Crippen LogP contribution in [-0.4, -0.2) is 71.2 Å². The van der Waals surface area contributed by atoms with Crippen molar-refractivity contribution in [3.05, 3.63) is 94.8 Å². The number of piperidine rings is 1. The van der Waals surface area contributed by atoms with Crippen LogP contribution in [0.1, 0.15) is 37.8 Å². The highest BCUT2D eigenvalue weighted by Gasteiger charge is 2.46. The smallest absolute Gasteiger partial charge is 0.236 e. The number of Topliss-reactive ketones (excluding diaryl/α,β-unsaturated/α-hetero) is 2. The van der Waals surface area contributed by atoms with Crippen LogP contribution in [0.5, 0.6) is 11.5 Å². The van der Waals surface area contributed by atoms with Gasteiger partial charge in [-0.3, -0.25) is 19.3 Å². The van der Waals surface area contributed by atoms with Gasteiger partial charge in [-0.1, -0.05) is 36.4 Å². The second-order valence-electron chi connectivity index (χ2n) is 10.0. The number of halogens is 1. The molecule has 1 aliphatic heterocycles. The van der Waals surface area contributed by atoms with Gasteiger partial charge in [0.1, 0.15) is 17.3 Å². The van der Waals surface area contributed by atoms with Gasteiger partial charge in [-0.05, 0) is 48.4 Å². The molecule has 3 aromatic rings. The Morgan fingerprint density at radius 3 is 1.84 bits per heavy atom. The van der Waals surface area contributed by atoms with Crippen LogP contribution in [0, 0.1) is 24.6 Å². The third kappa shape index (κ3) is 5.60. The number of hydrogen-bond acceptors (Lipinski definition) is 6. The molecule has 0 saturated carbocycles. The summed E-state index contributed by atoms with van der Waals surface area (Å²) in [5, 5.41) is 20.1. The van der Waals surface area contributed by atoms with E-state index in [1.54, 1.807) is 62.3 Å². The first kappa shape index (κ1) is 27.0. The number of rotatable bonds is 7. The second-order valence-corrected chi connectivity index (χ2v) is 10.0. The fourth-order valence-electron chi connectivity index (χ4n) is 5.26. The fourth-order valence-corrected chi connectivity index (χ4v) is 5.26. The molecule has 8 heteroatoms. The van der Waals surface area contributed by atoms with E-state index in [-0.39, 0.29) is 59.7 Å². The summed E-state index contributed by atoms with van der Waals surface area (Å²) >= 11 is 0. The van der Waals surface area contributed by atoms with E-state index >= 15 is 0 Å². The number of carbonyl (C=O) groups excluding carboxylic acids is 3. The Hall–Kier alpha value is -4.04. The maximum absolute atomic E-state index is 14.8. The Morgan fingerprint density at radius 1 is 0.868 bits per heavy atom. The van der Waals surface area contributed by atoms with Crippen molar-refractivity contribution in [1.82, 2.24) is 9.80 Å². The second kappa shape index (κ2) is 11.1. The van der Waals surface area contributed by atoms with Gasteiger partial charge in [-0.15, -0.1) is 0 Å². The Labute approximate surface area is 221 Å². The van der Waals surface area contributed by atoms with E-state index in [2.05, 4.69) is 0 Å². The Kier molecular flexibility index (Phi) is 7.92. The van der Waals surface area contributed by atoms with Crippen molar-refractivity contribution in [1.29, 1.82) is 0 Å². The Bertz CT molecular complexity index is 1300. The minimum Gasteiger partial charge on any atom is -0.508 e. The molecule has 0 bridgehead atoms. The summed E-state index contributed by atoms with van der Waals surface area (Å²) in [6.07, 6.45) is 0. The minimum atomic E-state index is -0.813. The number of likely N-dealkylation sites (N-methyl/N-ethyl adjacent to an activating group) is 1. The zero-order valence-electron chi connectivity index (χ0n) is 21.6. The fraction of sp³-hybridized carbons (Fsp3) is 0.300. The summed E-state index contributed by atoms with van der Waals surface area (Å²) < 4.78 is 14.8. The molecule has 1 aliphatic rings. The van der Waals surface area contributed by atoms with Crippen molar-refractivity contribution < 1.29 is 29.0 Å². The number of hydrogen-bond donors (Lipinski definition) is 2. The summed E-state index contributed by atoms with van der Waals surface area (Å²) in [6.45, 7) is 1.95. The molecule has 0 radical (unpaired) electrons. The van der Waals surface area contributed by atoms with Crippen LogP contribution in [0.4, 0.5) is 4.39 Å². The summed E-state index contributed by atoms with van der Waals surface area (Å²) in [5.41, 5.74) is 1.41. The molecule has 0 spiro atoms. The van der Waals surface area contributed by atoms with Gasteiger partial charge < -0.3 is 15.1 Å². The maximum atomic E-state index is 14.8. The van der Waals surface area contributed by atoms with Gasteiger partial charge in [-0.2, -0.15) is 0 Å². The molecular weight excluding hydrogens is 487 g/mol. The Balaban J connectivity index is 1.87. The predicted molar refractivity (Wildman–Crippen MR) is 141 cm³/mol. The van der Waals surface area contributed by atoms with Gasteiger partial charge in [0.15, 0.2) is 11.6 Å². The maximum Gasteiger partial charge on any atom is 0.236 e. The molecule has 0 aromatic heterocycles. The van der Waals surface area contributed by atoms with Crippen molar-refractivity contribution in [2.75, 3.05) is 33.7 Å². The van der Waals surface area contributed by atoms with Crippen molar-refractivity contribution in [2.24, 2.45) is 11.8 Å². The average molecular weight is 519 g/mol. The third-order valence-corrected chi connectivity index (χ3v) is 7.24. The van der Waals surface area contributed by atoms with Gasteiger partial charge in [0.25, 0.3) is 0 Å². The molecule has 1 fully saturated rings. The van der Waals surface area contributed by atoms with Crippen molar-refractivity contribution in [3.63, 3.8) is 0 Å². The highest BCUT2D eigenvalue weighted by Crippen LogP contribution is 2.42. The molecule has 38 heavy (non-hydrogen) atoms. The average Bonchev–Trinajstić information content (AvgIpc) is 2.89. The number of likely N-dealkylation sites (tertiary alicyclic amines) is 1. The van der Waals surface area contributed by atoms with Gasteiger partial charge in [0.05, 0.1) is 6.54 Å². The lowest BCUT2D eigenvalue weighted by atomic mass is 9.67. The SMILES string of the molecule is Cc1c(F)cccc1C1C(C(=O)c2cccc(O)c2)CN(CC(=O)N(C)C)CC1C(=O)c1cccc(O)c1. The molecule has 2 N–H and O–H groups in total. The standard InChI is InChI=1S/C30H31FN2O5/c1-18-23(11-6-12-26(18)31)28-24(29(37)19-7-4-9-21(34)13-19)15-33(17-27(36)32(2)3)16-25(28)30(38)20-8-5-10-22(35)14-20/h4-14,24-25,28,34-35H,15-17H2,1-3H3. The highest BCUT2D eigenvalue weighted by molar-refractivity contribution is 6.02. The first-order valence-corrected chi connectivity index (χ1v) is 12.4. The third-order valence-electron chi connectivity index (χ3n) is 7.24. The zero-order chi connectivity index (χ0) is 27.6. The predicted octanol–water partition coefficient (Wildman–Crippen LogP) is 4.03. The van der Waals surface area contributed by atoms with Crippen LogP contribution in [-0.2, 0) is 4.79 Å². The summed E-state index contributed by atoms with van der Waals surface area (Å²) in [5.74, 6) is -3.73. The molecular formula is C30H31FN2O5. The summed E-state index contributed by atoms with van der Waals surface area (Å²) in [6, 6.07) is 16.6. The van der Waals surface area contributed by atoms with Crippen LogP contribution >= 0.6 is 0 Å². The molecule has 2 atom stereocenters. The molecule has 0 aliphatic carbocycles. The minimum absolute atomic E-state index is 0.00447. The number of phenols is 2. The van der Waals surface area contributed by atoms with E-state index in [1.165, 1.54) is 35.2 Å². The lowest BCUT2D eigenvalue weighted by Crippen LogP contribution is -2.52. The number of benzene rings is 3. The molecule has 3 aromatic carbocycles. The van der Waals surface area contributed by atoms with Crippen LogP contribution in [0.2, 0.25) is 0 Å². The highest BCUT2D eigenvalue weighted by atomic mass is 19.1. The van der Waals surface area contributed by atoms with Crippen molar-refractivity contribution >= 4 is 17.5 Å². The number of phenolic OH excluding ortho intramolecular Hbond substituents is 2. The molecule has 1 amide bonds. The molecule has 2 unspecified atom stereocenters. The molecule has 4 rings (SSSR count). The van der Waals surface area contributed by atoms with E-state index in [0.717, 1.165) is 0 Å². The first-order valence-electron chi connectivity index (χ1n) is 12.4. The van der Waals surface area contributed by atoms with Crippen molar-refractivity contribution in [2.45, 2.75) is 12.8 Å². The van der Waals surface area contributed by atoms with Crippen molar-refractivity contribution in [3.8, 4) is 11.5 Å². The molecule has 198 valence electrons. The van der Waals surface area contributed by atoms with Crippen LogP contribution < -0.4 is 0 Å². The Morgan fingerprint density at radius 2 is 1.37 bits per heavy atom. The normalized spacial score (nSPS) is 19.6. The van der Waals surface area contributed by atoms with E-state index < -0.39 is 23.6 Å². The van der Waals surface area contributed by atoms with Gasteiger partial charge in [0.2, 0.25) is 5.91 Å². The molecule has 7 nitrogen and oxygen atoms in total. The van der Waals surface area contributed by atoms with Crippen LogP contribution in [0.25, 0.3) is 0 Å². The molecule has 1 heterocycles. The number of nitrogens with zero attached hydrogens (tertiary/aromatic N) is 2. The first-order chi connectivity index (χ1) is 18.1. The topological polar surface area (TPSA) is 98.2 Å². The zero-order valence-corrected chi connectivity index (χ0v) is 21.6. The lowest BCUT2D eigenvalue weighted by molar-refractivity contribution is -0.130. The van der Waals surface area contributed by atoms with Crippen LogP contribution in [0.3, 0.4) is 0 Å². The van der Waals surface area contributed by atoms with Gasteiger partial charge >= 0.3 is 0 Å². The van der Waals surface area contributed by atoms with E-state index in [4.69, 9.17) is 0 Å². The summed E-state index contributed by atoms with van der Waals surface area (Å²) in [7, 11) is 3.27. The number of aromatic hydroxyl groups is 2. The number of carbonyl (C=O) groups is 3. The molecule has 1 saturated heterocycles. The van der Waals surface area contributed by atoms with E-state index in [0.29, 0.717) is 11.1 Å². The largest absolute Gasteiger partial charge is 0.508 e. The van der Waals surface area contributed by atoms with E-state index in [1.807, 2.05) is 0 Å². The van der Waals surface area contributed by atoms with Gasteiger partial charge in [-0.25, -0.2) is 4.39 Å². The lowest BCUT2D eigenvalue weighted by Gasteiger charge is -2.43. The summed E-state index contributed by atoms with van der Waals surface area (Å²) in [4.78, 5) is 43.8. The number of ketones is 2. The monoisotopic (exact) mass is 518 g/mol.